The molecule has 0 unspecified atom stereocenters. The van der Waals surface area contributed by atoms with Crippen LogP contribution in [0.4, 0.5) is 0 Å². The summed E-state index contributed by atoms with van der Waals surface area (Å²) in [4.78, 5) is 0. The third-order valence-corrected chi connectivity index (χ3v) is 2.77. The molecule has 1 aliphatic heterocycles. The first-order valence-corrected chi connectivity index (χ1v) is 5.15. The second-order valence-corrected chi connectivity index (χ2v) is 3.60. The van der Waals surface area contributed by atoms with E-state index in [0.717, 1.165) is 19.5 Å². The summed E-state index contributed by atoms with van der Waals surface area (Å²) in [5.74, 6) is 0. The molecule has 0 saturated carbocycles. The minimum absolute atomic E-state index is 0.631. The van der Waals surface area contributed by atoms with Crippen LogP contribution in [0.3, 0.4) is 0 Å². The zero-order valence-corrected chi connectivity index (χ0v) is 8.16. The Morgan fingerprint density at radius 2 is 2.31 bits per heavy atom. The molecular weight excluding hydrogens is 162 g/mol. The van der Waals surface area contributed by atoms with Crippen molar-refractivity contribution < 1.29 is 0 Å². The topological polar surface area (TPSA) is 29.9 Å². The molecule has 2 rings (SSSR count). The highest BCUT2D eigenvalue weighted by atomic mass is 15.3. The van der Waals surface area contributed by atoms with Gasteiger partial charge in [0.2, 0.25) is 0 Å². The number of piperidine rings is 1. The van der Waals surface area contributed by atoms with Gasteiger partial charge in [-0.25, -0.2) is 0 Å². The predicted molar refractivity (Wildman–Crippen MR) is 52.7 cm³/mol. The van der Waals surface area contributed by atoms with E-state index >= 15 is 0 Å². The van der Waals surface area contributed by atoms with Crippen LogP contribution in [0, 0.1) is 0 Å². The summed E-state index contributed by atoms with van der Waals surface area (Å²) in [5, 5.41) is 7.77. The van der Waals surface area contributed by atoms with E-state index < -0.39 is 0 Å². The molecule has 2 heterocycles. The van der Waals surface area contributed by atoms with E-state index in [9.17, 15) is 0 Å². The van der Waals surface area contributed by atoms with Gasteiger partial charge in [-0.05, 0) is 38.4 Å². The molecular formula is C10H17N3. The highest BCUT2D eigenvalue weighted by Crippen LogP contribution is 2.19. The monoisotopic (exact) mass is 179 g/mol. The van der Waals surface area contributed by atoms with Crippen LogP contribution in [0.25, 0.3) is 0 Å². The summed E-state index contributed by atoms with van der Waals surface area (Å²) in [6.45, 7) is 4.45. The number of rotatable bonds is 2. The fourth-order valence-corrected chi connectivity index (χ4v) is 2.00. The normalized spacial score (nSPS) is 19.2. The van der Waals surface area contributed by atoms with Gasteiger partial charge in [0.1, 0.15) is 0 Å². The van der Waals surface area contributed by atoms with Crippen molar-refractivity contribution in [3.05, 3.63) is 18.0 Å². The van der Waals surface area contributed by atoms with Gasteiger partial charge >= 0.3 is 0 Å². The first-order chi connectivity index (χ1) is 6.42. The van der Waals surface area contributed by atoms with Crippen molar-refractivity contribution in [1.29, 1.82) is 0 Å². The molecule has 0 bridgehead atoms. The smallest absolute Gasteiger partial charge is 0.0546 e. The minimum atomic E-state index is 0.631. The molecule has 0 amide bonds. The van der Waals surface area contributed by atoms with Crippen LogP contribution >= 0.6 is 0 Å². The fraction of sp³-hybridized carbons (Fsp3) is 0.700. The SMILES string of the molecule is CCc1ccnn1C1CCNCC1. The maximum atomic E-state index is 4.40. The summed E-state index contributed by atoms with van der Waals surface area (Å²) in [6.07, 6.45) is 5.44. The number of hydrogen-bond acceptors (Lipinski definition) is 2. The highest BCUT2D eigenvalue weighted by Gasteiger charge is 2.16. The second kappa shape index (κ2) is 3.92. The Balaban J connectivity index is 2.13. The Hall–Kier alpha value is -0.830. The van der Waals surface area contributed by atoms with Crippen LogP contribution in [0.15, 0.2) is 12.3 Å². The number of nitrogens with zero attached hydrogens (tertiary/aromatic N) is 2. The zero-order chi connectivity index (χ0) is 9.10. The van der Waals surface area contributed by atoms with Crippen LogP contribution in [-0.2, 0) is 6.42 Å². The fourth-order valence-electron chi connectivity index (χ4n) is 2.00. The molecule has 3 nitrogen and oxygen atoms in total. The quantitative estimate of drug-likeness (QED) is 0.743. The van der Waals surface area contributed by atoms with E-state index in [1.165, 1.54) is 18.5 Å². The maximum absolute atomic E-state index is 4.40. The van der Waals surface area contributed by atoms with Crippen molar-refractivity contribution in [2.24, 2.45) is 0 Å². The summed E-state index contributed by atoms with van der Waals surface area (Å²) in [6, 6.07) is 2.76. The van der Waals surface area contributed by atoms with Crippen molar-refractivity contribution in [1.82, 2.24) is 15.1 Å². The van der Waals surface area contributed by atoms with E-state index in [1.807, 2.05) is 6.20 Å². The maximum Gasteiger partial charge on any atom is 0.0546 e. The molecule has 72 valence electrons. The Kier molecular flexibility index (Phi) is 2.64. The standard InChI is InChI=1S/C10H17N3/c1-2-9-5-8-12-13(9)10-3-6-11-7-4-10/h5,8,10-11H,2-4,6-7H2,1H3. The van der Waals surface area contributed by atoms with Crippen molar-refractivity contribution >= 4 is 0 Å². The van der Waals surface area contributed by atoms with E-state index in [1.54, 1.807) is 0 Å². The van der Waals surface area contributed by atoms with Gasteiger partial charge in [-0.2, -0.15) is 5.10 Å². The minimum Gasteiger partial charge on any atom is -0.317 e. The molecule has 1 N–H and O–H groups in total. The molecule has 0 spiro atoms. The zero-order valence-electron chi connectivity index (χ0n) is 8.16. The van der Waals surface area contributed by atoms with Crippen molar-refractivity contribution in [2.45, 2.75) is 32.2 Å². The second-order valence-electron chi connectivity index (χ2n) is 3.60. The van der Waals surface area contributed by atoms with Crippen molar-refractivity contribution in [3.63, 3.8) is 0 Å². The Bertz CT molecular complexity index is 261. The number of aryl methyl sites for hydroxylation is 1. The summed E-state index contributed by atoms with van der Waals surface area (Å²) < 4.78 is 2.21. The molecule has 1 aromatic rings. The van der Waals surface area contributed by atoms with Crippen molar-refractivity contribution in [2.75, 3.05) is 13.1 Å². The van der Waals surface area contributed by atoms with Crippen LogP contribution in [0.5, 0.6) is 0 Å². The third-order valence-electron chi connectivity index (χ3n) is 2.77. The van der Waals surface area contributed by atoms with Gasteiger partial charge in [-0.3, -0.25) is 4.68 Å². The van der Waals surface area contributed by atoms with Gasteiger partial charge in [0.25, 0.3) is 0 Å². The van der Waals surface area contributed by atoms with Gasteiger partial charge in [0.05, 0.1) is 6.04 Å². The molecule has 1 fully saturated rings. The van der Waals surface area contributed by atoms with E-state index in [2.05, 4.69) is 28.1 Å². The summed E-state index contributed by atoms with van der Waals surface area (Å²) >= 11 is 0. The summed E-state index contributed by atoms with van der Waals surface area (Å²) in [5.41, 5.74) is 1.37. The first kappa shape index (κ1) is 8.75. The lowest BCUT2D eigenvalue weighted by Crippen LogP contribution is -2.30. The van der Waals surface area contributed by atoms with Crippen molar-refractivity contribution in [3.8, 4) is 0 Å². The van der Waals surface area contributed by atoms with Gasteiger partial charge in [0.15, 0.2) is 0 Å². The molecule has 0 aliphatic carbocycles. The van der Waals surface area contributed by atoms with E-state index in [-0.39, 0.29) is 0 Å². The molecule has 0 radical (unpaired) electrons. The Morgan fingerprint density at radius 3 is 3.00 bits per heavy atom. The number of nitrogens with one attached hydrogen (secondary N) is 1. The van der Waals surface area contributed by atoms with Crippen LogP contribution in [-0.4, -0.2) is 22.9 Å². The van der Waals surface area contributed by atoms with Gasteiger partial charge < -0.3 is 5.32 Å². The molecule has 0 atom stereocenters. The number of aromatic nitrogens is 2. The van der Waals surface area contributed by atoms with Crippen LogP contribution in [0.2, 0.25) is 0 Å². The molecule has 3 heteroatoms. The van der Waals surface area contributed by atoms with Gasteiger partial charge in [0, 0.05) is 11.9 Å². The highest BCUT2D eigenvalue weighted by molar-refractivity contribution is 5.01. The third kappa shape index (κ3) is 1.75. The predicted octanol–water partition coefficient (Wildman–Crippen LogP) is 1.37. The van der Waals surface area contributed by atoms with Gasteiger partial charge in [-0.1, -0.05) is 6.92 Å². The van der Waals surface area contributed by atoms with Crippen LogP contribution < -0.4 is 5.32 Å². The molecule has 1 aliphatic rings. The lowest BCUT2D eigenvalue weighted by molar-refractivity contribution is 0.336. The lowest BCUT2D eigenvalue weighted by Gasteiger charge is -2.24. The van der Waals surface area contributed by atoms with Crippen LogP contribution in [0.1, 0.15) is 31.5 Å². The summed E-state index contributed by atoms with van der Waals surface area (Å²) in [7, 11) is 0. The van der Waals surface area contributed by atoms with Gasteiger partial charge in [-0.15, -0.1) is 0 Å². The number of hydrogen-bond donors (Lipinski definition) is 1. The lowest BCUT2D eigenvalue weighted by atomic mass is 10.1. The molecule has 1 aromatic heterocycles. The first-order valence-electron chi connectivity index (χ1n) is 5.15. The molecule has 13 heavy (non-hydrogen) atoms. The van der Waals surface area contributed by atoms with E-state index in [0.29, 0.717) is 6.04 Å². The average molecular weight is 179 g/mol. The Labute approximate surface area is 79.1 Å². The molecule has 0 aromatic carbocycles. The Morgan fingerprint density at radius 1 is 1.54 bits per heavy atom. The molecule has 1 saturated heterocycles. The largest absolute Gasteiger partial charge is 0.317 e. The average Bonchev–Trinajstić information content (AvgIpc) is 2.67. The van der Waals surface area contributed by atoms with E-state index in [4.69, 9.17) is 0 Å².